The van der Waals surface area contributed by atoms with E-state index >= 15 is 0 Å². The Bertz CT molecular complexity index is 693. The normalized spacial score (nSPS) is 32.0. The van der Waals surface area contributed by atoms with E-state index in [-0.39, 0.29) is 17.3 Å². The van der Waals surface area contributed by atoms with E-state index in [2.05, 4.69) is 5.32 Å². The number of rotatable bonds is 6. The molecule has 1 N–H and O–H groups in total. The molecule has 146 valence electrons. The van der Waals surface area contributed by atoms with E-state index in [0.717, 1.165) is 17.8 Å². The molecule has 1 amide bonds. The maximum Gasteiger partial charge on any atom is 0.307 e. The fourth-order valence-corrected chi connectivity index (χ4v) is 6.05. The first-order valence-corrected chi connectivity index (χ1v) is 10.1. The zero-order chi connectivity index (χ0) is 19.0. The van der Waals surface area contributed by atoms with Gasteiger partial charge in [0, 0.05) is 11.8 Å². The van der Waals surface area contributed by atoms with Crippen molar-refractivity contribution in [2.24, 2.45) is 23.2 Å². The molecule has 1 aromatic rings. The van der Waals surface area contributed by atoms with Gasteiger partial charge >= 0.3 is 5.97 Å². The lowest BCUT2D eigenvalue weighted by molar-refractivity contribution is -0.160. The molecule has 0 saturated heterocycles. The number of methoxy groups -OCH3 is 1. The number of nitrogens with one attached hydrogen (secondary N) is 1. The quantitative estimate of drug-likeness (QED) is 0.762. The van der Waals surface area contributed by atoms with Crippen LogP contribution in [-0.2, 0) is 14.3 Å². The Morgan fingerprint density at radius 2 is 1.78 bits per heavy atom. The molecule has 4 bridgehead atoms. The van der Waals surface area contributed by atoms with E-state index in [9.17, 15) is 9.59 Å². The van der Waals surface area contributed by atoms with Gasteiger partial charge in [0.05, 0.1) is 13.5 Å². The van der Waals surface area contributed by atoms with Gasteiger partial charge in [-0.1, -0.05) is 6.07 Å². The van der Waals surface area contributed by atoms with Crippen molar-refractivity contribution in [1.82, 2.24) is 0 Å². The highest BCUT2D eigenvalue weighted by Crippen LogP contribution is 2.61. The van der Waals surface area contributed by atoms with Crippen LogP contribution in [0.3, 0.4) is 0 Å². The number of ether oxygens (including phenoxy) is 2. The summed E-state index contributed by atoms with van der Waals surface area (Å²) < 4.78 is 10.7. The summed E-state index contributed by atoms with van der Waals surface area (Å²) in [7, 11) is 1.58. The average Bonchev–Trinajstić information content (AvgIpc) is 2.60. The van der Waals surface area contributed by atoms with Crippen molar-refractivity contribution in [2.75, 3.05) is 12.4 Å². The number of carbonyl (C=O) groups is 2. The predicted molar refractivity (Wildman–Crippen MR) is 102 cm³/mol. The van der Waals surface area contributed by atoms with Crippen LogP contribution in [0.15, 0.2) is 24.3 Å². The van der Waals surface area contributed by atoms with E-state index in [1.807, 2.05) is 6.07 Å². The molecular formula is C22H29NO4. The summed E-state index contributed by atoms with van der Waals surface area (Å²) in [5, 5.41) is 2.79. The molecule has 5 rings (SSSR count). The van der Waals surface area contributed by atoms with Gasteiger partial charge in [0.2, 0.25) is 0 Å². The number of benzene rings is 1. The van der Waals surface area contributed by atoms with Crippen LogP contribution in [0.2, 0.25) is 0 Å². The molecule has 0 radical (unpaired) electrons. The zero-order valence-corrected chi connectivity index (χ0v) is 16.2. The Balaban J connectivity index is 1.32. The van der Waals surface area contributed by atoms with Crippen molar-refractivity contribution in [3.05, 3.63) is 24.3 Å². The molecule has 4 saturated carbocycles. The third-order valence-corrected chi connectivity index (χ3v) is 6.70. The van der Waals surface area contributed by atoms with Gasteiger partial charge in [0.25, 0.3) is 5.91 Å². The van der Waals surface area contributed by atoms with Crippen LogP contribution in [0.1, 0.15) is 51.9 Å². The van der Waals surface area contributed by atoms with Crippen molar-refractivity contribution in [3.8, 4) is 5.75 Å². The van der Waals surface area contributed by atoms with Crippen LogP contribution in [0.5, 0.6) is 5.75 Å². The average molecular weight is 371 g/mol. The van der Waals surface area contributed by atoms with E-state index in [4.69, 9.17) is 9.47 Å². The minimum atomic E-state index is -0.808. The first kappa shape index (κ1) is 18.3. The zero-order valence-electron chi connectivity index (χ0n) is 16.2. The number of anilines is 1. The summed E-state index contributed by atoms with van der Waals surface area (Å²) in [6, 6.07) is 7.13. The highest BCUT2D eigenvalue weighted by molar-refractivity contribution is 5.95. The first-order valence-electron chi connectivity index (χ1n) is 10.1. The van der Waals surface area contributed by atoms with Crippen molar-refractivity contribution in [1.29, 1.82) is 0 Å². The van der Waals surface area contributed by atoms with Gasteiger partial charge in [-0.15, -0.1) is 0 Å². The smallest absolute Gasteiger partial charge is 0.307 e. The molecule has 4 aliphatic carbocycles. The fourth-order valence-electron chi connectivity index (χ4n) is 6.05. The topological polar surface area (TPSA) is 64.6 Å². The third-order valence-electron chi connectivity index (χ3n) is 6.70. The summed E-state index contributed by atoms with van der Waals surface area (Å²) in [5.74, 6) is 2.53. The maximum absolute atomic E-state index is 12.6. The summed E-state index contributed by atoms with van der Waals surface area (Å²) in [5.41, 5.74) is 0.762. The van der Waals surface area contributed by atoms with Crippen molar-refractivity contribution >= 4 is 17.6 Å². The van der Waals surface area contributed by atoms with Crippen molar-refractivity contribution in [2.45, 2.75) is 58.0 Å². The van der Waals surface area contributed by atoms with Crippen LogP contribution < -0.4 is 10.1 Å². The molecule has 27 heavy (non-hydrogen) atoms. The second-order valence-corrected chi connectivity index (χ2v) is 8.95. The molecule has 4 fully saturated rings. The molecule has 1 atom stereocenters. The van der Waals surface area contributed by atoms with Crippen molar-refractivity contribution in [3.63, 3.8) is 0 Å². The van der Waals surface area contributed by atoms with Gasteiger partial charge in [-0.2, -0.15) is 0 Å². The molecule has 1 aromatic carbocycles. The van der Waals surface area contributed by atoms with Gasteiger partial charge < -0.3 is 14.8 Å². The van der Waals surface area contributed by atoms with E-state index in [1.165, 1.54) is 38.5 Å². The van der Waals surface area contributed by atoms with Gasteiger partial charge in [-0.25, -0.2) is 0 Å². The molecule has 0 unspecified atom stereocenters. The Hall–Kier alpha value is -2.04. The molecule has 0 spiro atoms. The second kappa shape index (κ2) is 7.17. The SMILES string of the molecule is COc1cccc(NC(=O)[C@@H](C)OC(=O)CC23CC4CC(CC(C4)C2)C3)c1. The lowest BCUT2D eigenvalue weighted by Gasteiger charge is -2.56. The van der Waals surface area contributed by atoms with E-state index in [0.29, 0.717) is 17.9 Å². The van der Waals surface area contributed by atoms with Crippen LogP contribution in [0, 0.1) is 23.2 Å². The largest absolute Gasteiger partial charge is 0.497 e. The highest BCUT2D eigenvalue weighted by Gasteiger charge is 2.51. The minimum absolute atomic E-state index is 0.134. The number of hydrogen-bond acceptors (Lipinski definition) is 4. The first-order chi connectivity index (χ1) is 12.9. The number of amides is 1. The molecule has 0 aliphatic heterocycles. The summed E-state index contributed by atoms with van der Waals surface area (Å²) in [6.07, 6.45) is 7.22. The Morgan fingerprint density at radius 3 is 2.37 bits per heavy atom. The fraction of sp³-hybridized carbons (Fsp3) is 0.636. The summed E-state index contributed by atoms with van der Waals surface area (Å²) in [6.45, 7) is 1.63. The Labute approximate surface area is 160 Å². The van der Waals surface area contributed by atoms with Crippen LogP contribution >= 0.6 is 0 Å². The van der Waals surface area contributed by atoms with Crippen molar-refractivity contribution < 1.29 is 19.1 Å². The molecule has 4 aliphatic rings. The Kier molecular flexibility index (Phi) is 4.87. The van der Waals surface area contributed by atoms with Gasteiger partial charge in [-0.3, -0.25) is 9.59 Å². The number of carbonyl (C=O) groups excluding carboxylic acids is 2. The summed E-state index contributed by atoms with van der Waals surface area (Å²) >= 11 is 0. The second-order valence-electron chi connectivity index (χ2n) is 8.95. The molecule has 5 heteroatoms. The van der Waals surface area contributed by atoms with E-state index in [1.54, 1.807) is 32.2 Å². The van der Waals surface area contributed by atoms with E-state index < -0.39 is 6.10 Å². The standard InChI is InChI=1S/C22H29NO4/c1-14(21(25)23-18-4-3-5-19(9-18)26-2)27-20(24)13-22-10-15-6-16(11-22)8-17(7-15)12-22/h3-5,9,14-17H,6-8,10-13H2,1-2H3,(H,23,25)/t14-,15?,16?,17?,22?/m1/s1. The van der Waals surface area contributed by atoms with Crippen LogP contribution in [-0.4, -0.2) is 25.1 Å². The predicted octanol–water partition coefficient (Wildman–Crippen LogP) is 4.17. The van der Waals surface area contributed by atoms with Crippen LogP contribution in [0.4, 0.5) is 5.69 Å². The monoisotopic (exact) mass is 371 g/mol. The number of esters is 1. The highest BCUT2D eigenvalue weighted by atomic mass is 16.5. The van der Waals surface area contributed by atoms with Gasteiger partial charge in [0.15, 0.2) is 6.10 Å². The maximum atomic E-state index is 12.6. The third kappa shape index (κ3) is 3.97. The van der Waals surface area contributed by atoms with Gasteiger partial charge in [0.1, 0.15) is 5.75 Å². The van der Waals surface area contributed by atoms with Crippen LogP contribution in [0.25, 0.3) is 0 Å². The summed E-state index contributed by atoms with van der Waals surface area (Å²) in [4.78, 5) is 25.0. The molecule has 5 nitrogen and oxygen atoms in total. The lowest BCUT2D eigenvalue weighted by atomic mass is 9.49. The molecular weight excluding hydrogens is 342 g/mol. The molecule has 0 aromatic heterocycles. The minimum Gasteiger partial charge on any atom is -0.497 e. The number of hydrogen-bond donors (Lipinski definition) is 1. The molecule has 0 heterocycles. The lowest BCUT2D eigenvalue weighted by Crippen LogP contribution is -2.47. The Morgan fingerprint density at radius 1 is 1.15 bits per heavy atom. The van der Waals surface area contributed by atoms with Gasteiger partial charge in [-0.05, 0) is 80.8 Å².